The fourth-order valence-electron chi connectivity index (χ4n) is 3.31. The van der Waals surface area contributed by atoms with E-state index in [0.29, 0.717) is 31.9 Å². The van der Waals surface area contributed by atoms with Crippen LogP contribution in [0.4, 0.5) is 0 Å². The van der Waals surface area contributed by atoms with E-state index in [9.17, 15) is 4.79 Å². The van der Waals surface area contributed by atoms with Crippen LogP contribution in [-0.4, -0.2) is 37.2 Å². The molecule has 0 spiro atoms. The van der Waals surface area contributed by atoms with Crippen molar-refractivity contribution in [1.82, 2.24) is 19.6 Å². The summed E-state index contributed by atoms with van der Waals surface area (Å²) in [4.78, 5) is 11.0. The molecule has 1 N–H and O–H groups in total. The third-order valence-corrected chi connectivity index (χ3v) is 4.76. The van der Waals surface area contributed by atoms with Crippen LogP contribution in [0, 0.1) is 0 Å². The zero-order chi connectivity index (χ0) is 20.1. The van der Waals surface area contributed by atoms with Crippen LogP contribution in [0.25, 0.3) is 10.9 Å². The number of aliphatic carboxylic acids is 1. The largest absolute Gasteiger partial charge is 0.491 e. The molecule has 29 heavy (non-hydrogen) atoms. The molecule has 0 aliphatic carbocycles. The van der Waals surface area contributed by atoms with Crippen LogP contribution < -0.4 is 4.74 Å². The van der Waals surface area contributed by atoms with Crippen LogP contribution in [0.3, 0.4) is 0 Å². The number of hydrogen-bond acceptors (Lipinski definition) is 4. The molecule has 0 saturated carbocycles. The van der Waals surface area contributed by atoms with Gasteiger partial charge in [0.1, 0.15) is 12.4 Å². The van der Waals surface area contributed by atoms with Crippen LogP contribution in [0.1, 0.15) is 17.5 Å². The van der Waals surface area contributed by atoms with E-state index in [-0.39, 0.29) is 6.42 Å². The molecule has 0 atom stereocenters. The summed E-state index contributed by atoms with van der Waals surface area (Å²) < 4.78 is 9.82. The van der Waals surface area contributed by atoms with E-state index in [1.54, 1.807) is 6.20 Å². The number of carboxylic acids is 1. The number of nitrogens with zero attached hydrogens (tertiary/aromatic N) is 4. The quantitative estimate of drug-likeness (QED) is 0.474. The van der Waals surface area contributed by atoms with Crippen molar-refractivity contribution in [2.45, 2.75) is 25.9 Å². The highest BCUT2D eigenvalue weighted by Gasteiger charge is 2.09. The lowest BCUT2D eigenvalue weighted by molar-refractivity contribution is -0.136. The maximum Gasteiger partial charge on any atom is 0.303 e. The second-order valence-electron chi connectivity index (χ2n) is 6.81. The van der Waals surface area contributed by atoms with Crippen LogP contribution in [0.5, 0.6) is 5.75 Å². The molecule has 0 amide bonds. The summed E-state index contributed by atoms with van der Waals surface area (Å²) in [5.74, 6) is -0.105. The number of benzene rings is 2. The average molecular weight is 390 g/mol. The Morgan fingerprint density at radius 1 is 1.10 bits per heavy atom. The second kappa shape index (κ2) is 8.60. The van der Waals surface area contributed by atoms with E-state index in [2.05, 4.69) is 10.2 Å². The van der Waals surface area contributed by atoms with E-state index in [1.165, 1.54) is 0 Å². The highest BCUT2D eigenvalue weighted by Crippen LogP contribution is 2.23. The highest BCUT2D eigenvalue weighted by molar-refractivity contribution is 5.78. The maximum atomic E-state index is 11.0. The molecular formula is C22H22N4O3. The van der Waals surface area contributed by atoms with Gasteiger partial charge in [-0.1, -0.05) is 30.3 Å². The smallest absolute Gasteiger partial charge is 0.303 e. The molecular weight excluding hydrogens is 368 g/mol. The number of carbonyl (C=O) groups is 1. The summed E-state index contributed by atoms with van der Waals surface area (Å²) in [7, 11) is 0. The van der Waals surface area contributed by atoms with Crippen LogP contribution >= 0.6 is 0 Å². The maximum absolute atomic E-state index is 11.0. The molecule has 7 heteroatoms. The Hall–Kier alpha value is -3.61. The topological polar surface area (TPSA) is 82.2 Å². The fourth-order valence-corrected chi connectivity index (χ4v) is 3.31. The Bertz CT molecular complexity index is 1100. The van der Waals surface area contributed by atoms with Gasteiger partial charge in [0.15, 0.2) is 0 Å². The Kier molecular flexibility index (Phi) is 5.56. The Labute approximate surface area is 168 Å². The predicted octanol–water partition coefficient (Wildman–Crippen LogP) is 3.38. The van der Waals surface area contributed by atoms with Crippen LogP contribution in [0.2, 0.25) is 0 Å². The van der Waals surface area contributed by atoms with Crippen molar-refractivity contribution >= 4 is 16.9 Å². The standard InChI is InChI=1S/C22H22N4O3/c27-22(28)9-8-18-7-6-17(16-25-11-3-10-23-25)14-21(18)29-13-12-26-20-5-2-1-4-19(20)15-24-26/h1-7,10-11,14-15H,8-9,12-13,16H2,(H,27,28). The Morgan fingerprint density at radius 2 is 2.00 bits per heavy atom. The number of aryl methyl sites for hydroxylation is 1. The summed E-state index contributed by atoms with van der Waals surface area (Å²) in [6, 6.07) is 15.8. The molecule has 7 nitrogen and oxygen atoms in total. The lowest BCUT2D eigenvalue weighted by atomic mass is 10.1. The van der Waals surface area contributed by atoms with Gasteiger partial charge < -0.3 is 9.84 Å². The van der Waals surface area contributed by atoms with Crippen molar-refractivity contribution in [2.24, 2.45) is 0 Å². The zero-order valence-corrected chi connectivity index (χ0v) is 15.9. The molecule has 2 heterocycles. The van der Waals surface area contributed by atoms with Gasteiger partial charge in [0.25, 0.3) is 0 Å². The third-order valence-electron chi connectivity index (χ3n) is 4.76. The van der Waals surface area contributed by atoms with E-state index in [4.69, 9.17) is 9.84 Å². The van der Waals surface area contributed by atoms with E-state index >= 15 is 0 Å². The van der Waals surface area contributed by atoms with Gasteiger partial charge in [-0.15, -0.1) is 0 Å². The van der Waals surface area contributed by atoms with Gasteiger partial charge in [0, 0.05) is 24.2 Å². The van der Waals surface area contributed by atoms with Crippen LogP contribution in [-0.2, 0) is 24.3 Å². The molecule has 2 aromatic heterocycles. The van der Waals surface area contributed by atoms with Crippen molar-refractivity contribution in [3.05, 3.63) is 78.2 Å². The molecule has 0 fully saturated rings. The third kappa shape index (κ3) is 4.63. The molecule has 4 aromatic rings. The predicted molar refractivity (Wildman–Crippen MR) is 109 cm³/mol. The summed E-state index contributed by atoms with van der Waals surface area (Å²) >= 11 is 0. The number of hydrogen-bond donors (Lipinski definition) is 1. The normalized spacial score (nSPS) is 11.0. The SMILES string of the molecule is O=C(O)CCc1ccc(Cn2cccn2)cc1OCCn1ncc2ccccc21. The number of ether oxygens (including phenoxy) is 1. The first-order valence-electron chi connectivity index (χ1n) is 9.53. The number of fused-ring (bicyclic) bond motifs is 1. The van der Waals surface area contributed by atoms with Gasteiger partial charge in [-0.3, -0.25) is 14.2 Å². The number of para-hydroxylation sites is 1. The minimum atomic E-state index is -0.820. The molecule has 0 radical (unpaired) electrons. The Balaban J connectivity index is 1.48. The van der Waals surface area contributed by atoms with Gasteiger partial charge >= 0.3 is 5.97 Å². The molecule has 0 saturated heterocycles. The summed E-state index contributed by atoms with van der Waals surface area (Å²) in [5.41, 5.74) is 3.00. The average Bonchev–Trinajstić information content (AvgIpc) is 3.37. The zero-order valence-electron chi connectivity index (χ0n) is 15.9. The van der Waals surface area contributed by atoms with Crippen molar-refractivity contribution in [1.29, 1.82) is 0 Å². The van der Waals surface area contributed by atoms with Crippen molar-refractivity contribution in [2.75, 3.05) is 6.61 Å². The molecule has 0 aliphatic heterocycles. The van der Waals surface area contributed by atoms with Gasteiger partial charge in [-0.25, -0.2) is 0 Å². The van der Waals surface area contributed by atoms with Gasteiger partial charge in [-0.2, -0.15) is 10.2 Å². The van der Waals surface area contributed by atoms with Crippen molar-refractivity contribution < 1.29 is 14.6 Å². The Morgan fingerprint density at radius 3 is 2.83 bits per heavy atom. The van der Waals surface area contributed by atoms with Gasteiger partial charge in [0.05, 0.1) is 24.8 Å². The molecule has 0 aliphatic rings. The van der Waals surface area contributed by atoms with Gasteiger partial charge in [0.2, 0.25) is 0 Å². The molecule has 148 valence electrons. The highest BCUT2D eigenvalue weighted by atomic mass is 16.5. The minimum absolute atomic E-state index is 0.0681. The van der Waals surface area contributed by atoms with E-state index in [0.717, 1.165) is 22.0 Å². The fraction of sp³-hybridized carbons (Fsp3) is 0.227. The molecule has 4 rings (SSSR count). The first kappa shape index (κ1) is 18.7. The van der Waals surface area contributed by atoms with E-state index in [1.807, 2.05) is 70.3 Å². The minimum Gasteiger partial charge on any atom is -0.491 e. The lowest BCUT2D eigenvalue weighted by Gasteiger charge is -2.14. The molecule has 2 aromatic carbocycles. The first-order valence-corrected chi connectivity index (χ1v) is 9.53. The van der Waals surface area contributed by atoms with Crippen LogP contribution in [0.15, 0.2) is 67.1 Å². The number of carboxylic acid groups (broad SMARTS) is 1. The molecule has 0 unspecified atom stereocenters. The number of aromatic nitrogens is 4. The second-order valence-corrected chi connectivity index (χ2v) is 6.81. The van der Waals surface area contributed by atoms with Gasteiger partial charge in [-0.05, 0) is 35.7 Å². The summed E-state index contributed by atoms with van der Waals surface area (Å²) in [5, 5.41) is 18.8. The number of rotatable bonds is 9. The summed E-state index contributed by atoms with van der Waals surface area (Å²) in [6.45, 7) is 1.68. The first-order chi connectivity index (χ1) is 14.2. The monoisotopic (exact) mass is 390 g/mol. The molecule has 0 bridgehead atoms. The van der Waals surface area contributed by atoms with Crippen molar-refractivity contribution in [3.63, 3.8) is 0 Å². The summed E-state index contributed by atoms with van der Waals surface area (Å²) in [6.07, 6.45) is 5.99. The van der Waals surface area contributed by atoms with E-state index < -0.39 is 5.97 Å². The van der Waals surface area contributed by atoms with Crippen molar-refractivity contribution in [3.8, 4) is 5.75 Å². The lowest BCUT2D eigenvalue weighted by Crippen LogP contribution is -2.11.